The van der Waals surface area contributed by atoms with Crippen LogP contribution in [-0.2, 0) is 4.79 Å². The van der Waals surface area contributed by atoms with E-state index in [0.717, 1.165) is 38.9 Å². The minimum absolute atomic E-state index is 0.0430. The first-order chi connectivity index (χ1) is 8.27. The molecule has 0 aromatic rings. The third-order valence-electron chi connectivity index (χ3n) is 3.05. The number of piperidine rings is 1. The van der Waals surface area contributed by atoms with Gasteiger partial charge in [-0.1, -0.05) is 6.92 Å². The van der Waals surface area contributed by atoms with Gasteiger partial charge in [0.15, 0.2) is 0 Å². The van der Waals surface area contributed by atoms with Crippen molar-refractivity contribution in [2.45, 2.75) is 32.2 Å². The smallest absolute Gasteiger partial charge is 0.235 e. The molecule has 0 aromatic heterocycles. The van der Waals surface area contributed by atoms with E-state index in [2.05, 4.69) is 22.5 Å². The Hall–Kier alpha value is -1.12. The molecule has 1 fully saturated rings. The highest BCUT2D eigenvalue weighted by atomic mass is 16.2. The molecule has 0 atom stereocenters. The molecular weight excluding hydrogens is 216 g/mol. The maximum Gasteiger partial charge on any atom is 0.235 e. The molecule has 17 heavy (non-hydrogen) atoms. The van der Waals surface area contributed by atoms with E-state index >= 15 is 0 Å². The van der Waals surface area contributed by atoms with E-state index in [4.69, 9.17) is 5.26 Å². The van der Waals surface area contributed by atoms with Crippen molar-refractivity contribution in [1.82, 2.24) is 15.5 Å². The molecule has 1 aliphatic heterocycles. The van der Waals surface area contributed by atoms with Gasteiger partial charge in [-0.25, -0.2) is 0 Å². The first-order valence-corrected chi connectivity index (χ1v) is 6.36. The predicted octanol–water partition coefficient (Wildman–Crippen LogP) is 0.0902. The predicted molar refractivity (Wildman–Crippen MR) is 66.4 cm³/mol. The molecule has 0 bridgehead atoms. The Bertz CT molecular complexity index is 268. The van der Waals surface area contributed by atoms with Gasteiger partial charge in [0.05, 0.1) is 12.6 Å². The molecule has 2 N–H and O–H groups in total. The normalized spacial score (nSPS) is 16.8. The van der Waals surface area contributed by atoms with Crippen molar-refractivity contribution in [3.05, 3.63) is 0 Å². The topological polar surface area (TPSA) is 68.2 Å². The summed E-state index contributed by atoms with van der Waals surface area (Å²) in [5.74, 6) is -0.0430. The van der Waals surface area contributed by atoms with Crippen LogP contribution in [0, 0.1) is 11.3 Å². The van der Waals surface area contributed by atoms with Gasteiger partial charge in [-0.2, -0.15) is 5.26 Å². The summed E-state index contributed by atoms with van der Waals surface area (Å²) in [6.07, 6.45) is 3.26. The molecule has 5 nitrogen and oxygen atoms in total. The number of carbonyl (C=O) groups excluding carboxylic acids is 1. The summed E-state index contributed by atoms with van der Waals surface area (Å²) in [4.78, 5) is 13.9. The highest BCUT2D eigenvalue weighted by Crippen LogP contribution is 2.11. The minimum atomic E-state index is -0.0430. The van der Waals surface area contributed by atoms with Crippen LogP contribution in [0.3, 0.4) is 0 Å². The molecular formula is C12H22N4O. The molecule has 1 rings (SSSR count). The number of hydrogen-bond acceptors (Lipinski definition) is 4. The van der Waals surface area contributed by atoms with Gasteiger partial charge in [0.1, 0.15) is 6.54 Å². The van der Waals surface area contributed by atoms with Crippen LogP contribution in [0.25, 0.3) is 0 Å². The maximum absolute atomic E-state index is 11.6. The SMILES string of the molecule is CCCN(CC(=O)NCC#N)C1CCNCC1. The van der Waals surface area contributed by atoms with Crippen LogP contribution in [0.4, 0.5) is 0 Å². The average molecular weight is 238 g/mol. The Kier molecular flexibility index (Phi) is 6.60. The zero-order valence-electron chi connectivity index (χ0n) is 10.5. The van der Waals surface area contributed by atoms with Gasteiger partial charge < -0.3 is 10.6 Å². The van der Waals surface area contributed by atoms with Crippen molar-refractivity contribution in [3.8, 4) is 6.07 Å². The lowest BCUT2D eigenvalue weighted by Gasteiger charge is -2.33. The number of amides is 1. The minimum Gasteiger partial charge on any atom is -0.342 e. The third-order valence-corrected chi connectivity index (χ3v) is 3.05. The average Bonchev–Trinajstić information content (AvgIpc) is 2.37. The number of hydrogen-bond donors (Lipinski definition) is 2. The zero-order valence-corrected chi connectivity index (χ0v) is 10.5. The number of nitrogens with zero attached hydrogens (tertiary/aromatic N) is 2. The van der Waals surface area contributed by atoms with Crippen LogP contribution in [0.2, 0.25) is 0 Å². The fourth-order valence-electron chi connectivity index (χ4n) is 2.23. The molecule has 0 radical (unpaired) electrons. The Morgan fingerprint density at radius 2 is 2.24 bits per heavy atom. The largest absolute Gasteiger partial charge is 0.342 e. The van der Waals surface area contributed by atoms with Crippen LogP contribution < -0.4 is 10.6 Å². The summed E-state index contributed by atoms with van der Waals surface area (Å²) in [6, 6.07) is 2.43. The molecule has 1 aliphatic rings. The Labute approximate surface area is 103 Å². The van der Waals surface area contributed by atoms with Crippen LogP contribution in [0.15, 0.2) is 0 Å². The number of carbonyl (C=O) groups is 1. The van der Waals surface area contributed by atoms with Crippen LogP contribution in [0.1, 0.15) is 26.2 Å². The quantitative estimate of drug-likeness (QED) is 0.644. The standard InChI is InChI=1S/C12H22N4O/c1-2-9-16(10-12(17)15-8-5-13)11-3-6-14-7-4-11/h11,14H,2-4,6-10H2,1H3,(H,15,17). The van der Waals surface area contributed by atoms with Gasteiger partial charge >= 0.3 is 0 Å². The summed E-state index contributed by atoms with van der Waals surface area (Å²) in [6.45, 7) is 5.66. The fourth-order valence-corrected chi connectivity index (χ4v) is 2.23. The molecule has 0 unspecified atom stereocenters. The summed E-state index contributed by atoms with van der Waals surface area (Å²) < 4.78 is 0. The first kappa shape index (κ1) is 13.9. The zero-order chi connectivity index (χ0) is 12.5. The second-order valence-electron chi connectivity index (χ2n) is 4.39. The number of nitriles is 1. The molecule has 0 aliphatic carbocycles. The lowest BCUT2D eigenvalue weighted by atomic mass is 10.0. The molecule has 1 heterocycles. The summed E-state index contributed by atoms with van der Waals surface area (Å²) in [5, 5.41) is 14.3. The number of nitrogens with one attached hydrogen (secondary N) is 2. The molecule has 0 spiro atoms. The lowest BCUT2D eigenvalue weighted by molar-refractivity contribution is -0.122. The molecule has 5 heteroatoms. The van der Waals surface area contributed by atoms with Gasteiger partial charge in [-0.3, -0.25) is 9.69 Å². The Morgan fingerprint density at radius 1 is 1.53 bits per heavy atom. The van der Waals surface area contributed by atoms with Crippen molar-refractivity contribution in [3.63, 3.8) is 0 Å². The summed E-state index contributed by atoms with van der Waals surface area (Å²) >= 11 is 0. The summed E-state index contributed by atoms with van der Waals surface area (Å²) in [7, 11) is 0. The van der Waals surface area contributed by atoms with E-state index in [-0.39, 0.29) is 12.5 Å². The molecule has 1 saturated heterocycles. The molecule has 96 valence electrons. The van der Waals surface area contributed by atoms with E-state index in [0.29, 0.717) is 12.6 Å². The van der Waals surface area contributed by atoms with Gasteiger partial charge in [-0.05, 0) is 38.9 Å². The van der Waals surface area contributed by atoms with Crippen molar-refractivity contribution < 1.29 is 4.79 Å². The summed E-state index contributed by atoms with van der Waals surface area (Å²) in [5.41, 5.74) is 0. The van der Waals surface area contributed by atoms with Crippen molar-refractivity contribution >= 4 is 5.91 Å². The van der Waals surface area contributed by atoms with E-state index in [9.17, 15) is 4.79 Å². The highest BCUT2D eigenvalue weighted by molar-refractivity contribution is 5.78. The van der Waals surface area contributed by atoms with Gasteiger partial charge in [0.2, 0.25) is 5.91 Å². The highest BCUT2D eigenvalue weighted by Gasteiger charge is 2.21. The van der Waals surface area contributed by atoms with E-state index in [1.807, 2.05) is 6.07 Å². The van der Waals surface area contributed by atoms with Crippen LogP contribution in [-0.4, -0.2) is 49.6 Å². The Morgan fingerprint density at radius 3 is 2.82 bits per heavy atom. The number of rotatable bonds is 6. The second-order valence-corrected chi connectivity index (χ2v) is 4.39. The molecule has 1 amide bonds. The molecule has 0 saturated carbocycles. The fraction of sp³-hybridized carbons (Fsp3) is 0.833. The lowest BCUT2D eigenvalue weighted by Crippen LogP contribution is -2.47. The van der Waals surface area contributed by atoms with E-state index in [1.165, 1.54) is 0 Å². The van der Waals surface area contributed by atoms with Crippen molar-refractivity contribution in [1.29, 1.82) is 5.26 Å². The van der Waals surface area contributed by atoms with E-state index in [1.54, 1.807) is 0 Å². The van der Waals surface area contributed by atoms with Gasteiger partial charge in [-0.15, -0.1) is 0 Å². The van der Waals surface area contributed by atoms with Crippen LogP contribution >= 0.6 is 0 Å². The third kappa shape index (κ3) is 5.16. The first-order valence-electron chi connectivity index (χ1n) is 6.36. The van der Waals surface area contributed by atoms with E-state index < -0.39 is 0 Å². The monoisotopic (exact) mass is 238 g/mol. The second kappa shape index (κ2) is 8.04. The Balaban J connectivity index is 2.41. The van der Waals surface area contributed by atoms with Crippen molar-refractivity contribution in [2.75, 3.05) is 32.7 Å². The molecule has 0 aromatic carbocycles. The van der Waals surface area contributed by atoms with Crippen molar-refractivity contribution in [2.24, 2.45) is 0 Å². The van der Waals surface area contributed by atoms with Gasteiger partial charge in [0, 0.05) is 6.04 Å². The van der Waals surface area contributed by atoms with Crippen LogP contribution in [0.5, 0.6) is 0 Å². The maximum atomic E-state index is 11.6. The van der Waals surface area contributed by atoms with Gasteiger partial charge in [0.25, 0.3) is 0 Å².